The summed E-state index contributed by atoms with van der Waals surface area (Å²) in [7, 11) is 3.28. The molecular formula is C20H24O4. The highest BCUT2D eigenvalue weighted by Gasteiger charge is 2.12. The zero-order valence-electron chi connectivity index (χ0n) is 14.3. The summed E-state index contributed by atoms with van der Waals surface area (Å²) in [6.07, 6.45) is 2.83. The van der Waals surface area contributed by atoms with Gasteiger partial charge in [0.05, 0.1) is 26.9 Å². The van der Waals surface area contributed by atoms with Gasteiger partial charge in [-0.15, -0.1) is 0 Å². The van der Waals surface area contributed by atoms with Crippen LogP contribution in [0, 0.1) is 0 Å². The molecule has 0 aliphatic carbocycles. The number of aliphatic hydroxyl groups is 1. The minimum Gasteiger partial charge on any atom is -0.497 e. The Kier molecular flexibility index (Phi) is 6.85. The number of aliphatic hydroxyl groups excluding tert-OH is 1. The Morgan fingerprint density at radius 3 is 1.96 bits per heavy atom. The van der Waals surface area contributed by atoms with Crippen LogP contribution < -0.4 is 9.47 Å². The molecule has 24 heavy (non-hydrogen) atoms. The van der Waals surface area contributed by atoms with Crippen LogP contribution in [0.4, 0.5) is 0 Å². The van der Waals surface area contributed by atoms with E-state index in [1.54, 1.807) is 21.1 Å². The van der Waals surface area contributed by atoms with E-state index in [2.05, 4.69) is 0 Å². The summed E-state index contributed by atoms with van der Waals surface area (Å²) < 4.78 is 16.1. The van der Waals surface area contributed by atoms with Crippen molar-refractivity contribution < 1.29 is 19.3 Å². The molecule has 128 valence electrons. The first-order valence-electron chi connectivity index (χ1n) is 7.87. The molecule has 4 nitrogen and oxygen atoms in total. The van der Waals surface area contributed by atoms with Crippen LogP contribution in [-0.4, -0.2) is 31.5 Å². The lowest BCUT2D eigenvalue weighted by molar-refractivity contribution is -0.00959. The summed E-state index contributed by atoms with van der Waals surface area (Å²) in [6.45, 7) is 2.14. The van der Waals surface area contributed by atoms with Crippen LogP contribution >= 0.6 is 0 Å². The largest absolute Gasteiger partial charge is 0.497 e. The lowest BCUT2D eigenvalue weighted by Crippen LogP contribution is -2.23. The van der Waals surface area contributed by atoms with E-state index in [9.17, 15) is 5.11 Å². The average Bonchev–Trinajstić information content (AvgIpc) is 2.62. The summed E-state index contributed by atoms with van der Waals surface area (Å²) in [5.74, 6) is 1.63. The van der Waals surface area contributed by atoms with Crippen molar-refractivity contribution in [2.75, 3.05) is 14.2 Å². The summed E-state index contributed by atoms with van der Waals surface area (Å²) >= 11 is 0. The van der Waals surface area contributed by atoms with Gasteiger partial charge in [-0.1, -0.05) is 36.4 Å². The topological polar surface area (TPSA) is 47.9 Å². The van der Waals surface area contributed by atoms with Crippen molar-refractivity contribution in [2.24, 2.45) is 0 Å². The van der Waals surface area contributed by atoms with Gasteiger partial charge in [-0.25, -0.2) is 0 Å². The van der Waals surface area contributed by atoms with Crippen LogP contribution in [0.1, 0.15) is 18.1 Å². The average molecular weight is 328 g/mol. The zero-order valence-corrected chi connectivity index (χ0v) is 14.3. The molecule has 0 aliphatic heterocycles. The molecule has 0 radical (unpaired) electrons. The smallest absolute Gasteiger partial charge is 0.118 e. The molecule has 1 N–H and O–H groups in total. The Balaban J connectivity index is 1.96. The number of ether oxygens (including phenoxy) is 3. The van der Waals surface area contributed by atoms with Gasteiger partial charge < -0.3 is 19.3 Å². The van der Waals surface area contributed by atoms with E-state index in [1.165, 1.54) is 0 Å². The molecule has 4 heteroatoms. The molecule has 2 atom stereocenters. The van der Waals surface area contributed by atoms with Crippen LogP contribution in [-0.2, 0) is 11.3 Å². The maximum atomic E-state index is 9.92. The lowest BCUT2D eigenvalue weighted by Gasteiger charge is -2.17. The van der Waals surface area contributed by atoms with Crippen LogP contribution in [0.5, 0.6) is 11.5 Å². The minimum atomic E-state index is -0.599. The second-order valence-electron chi connectivity index (χ2n) is 5.50. The minimum absolute atomic E-state index is 0.380. The third kappa shape index (κ3) is 5.41. The Bertz CT molecular complexity index is 630. The molecule has 0 aliphatic rings. The standard InChI is InChI=1S/C20H24O4/c1-15(21)20(13-8-16-4-9-18(22-2)10-5-16)24-14-17-6-11-19(23-3)12-7-17/h4-13,15,20-21H,14H2,1-3H3/b13-8+/t15-,20-/m0/s1. The molecule has 0 fully saturated rings. The van der Waals surface area contributed by atoms with E-state index in [4.69, 9.17) is 14.2 Å². The quantitative estimate of drug-likeness (QED) is 0.803. The molecule has 0 saturated carbocycles. The van der Waals surface area contributed by atoms with Gasteiger partial charge in [0, 0.05) is 0 Å². The van der Waals surface area contributed by atoms with Gasteiger partial charge in [0.2, 0.25) is 0 Å². The molecule has 2 aromatic carbocycles. The van der Waals surface area contributed by atoms with Crippen molar-refractivity contribution in [1.82, 2.24) is 0 Å². The third-order valence-electron chi connectivity index (χ3n) is 3.67. The van der Waals surface area contributed by atoms with E-state index >= 15 is 0 Å². The highest BCUT2D eigenvalue weighted by Crippen LogP contribution is 2.16. The van der Waals surface area contributed by atoms with Crippen LogP contribution in [0.15, 0.2) is 54.6 Å². The molecule has 0 bridgehead atoms. The highest BCUT2D eigenvalue weighted by molar-refractivity contribution is 5.51. The molecule has 2 rings (SSSR count). The number of rotatable bonds is 8. The second kappa shape index (κ2) is 9.11. The van der Waals surface area contributed by atoms with E-state index in [1.807, 2.05) is 60.7 Å². The Hall–Kier alpha value is -2.30. The number of hydrogen-bond donors (Lipinski definition) is 1. The van der Waals surface area contributed by atoms with Crippen LogP contribution in [0.3, 0.4) is 0 Å². The first-order valence-corrected chi connectivity index (χ1v) is 7.87. The number of hydrogen-bond acceptors (Lipinski definition) is 4. The van der Waals surface area contributed by atoms with Crippen molar-refractivity contribution in [2.45, 2.75) is 25.7 Å². The van der Waals surface area contributed by atoms with Gasteiger partial charge in [-0.05, 0) is 42.3 Å². The van der Waals surface area contributed by atoms with Gasteiger partial charge in [0.1, 0.15) is 17.6 Å². The summed E-state index contributed by atoms with van der Waals surface area (Å²) in [4.78, 5) is 0. The first kappa shape index (κ1) is 18.0. The Morgan fingerprint density at radius 2 is 1.46 bits per heavy atom. The van der Waals surface area contributed by atoms with E-state index < -0.39 is 6.10 Å². The molecule has 0 spiro atoms. The Morgan fingerprint density at radius 1 is 0.917 bits per heavy atom. The fraction of sp³-hybridized carbons (Fsp3) is 0.300. The fourth-order valence-electron chi connectivity index (χ4n) is 2.19. The molecule has 0 aromatic heterocycles. The molecule has 0 amide bonds. The summed E-state index contributed by atoms with van der Waals surface area (Å²) in [5, 5.41) is 9.92. The van der Waals surface area contributed by atoms with Crippen molar-refractivity contribution in [3.05, 3.63) is 65.7 Å². The summed E-state index contributed by atoms with van der Waals surface area (Å²) in [6, 6.07) is 15.4. The maximum absolute atomic E-state index is 9.92. The fourth-order valence-corrected chi connectivity index (χ4v) is 2.19. The lowest BCUT2D eigenvalue weighted by atomic mass is 10.1. The van der Waals surface area contributed by atoms with Crippen LogP contribution in [0.25, 0.3) is 6.08 Å². The number of benzene rings is 2. The SMILES string of the molecule is COc1ccc(/C=C/[C@H](OCc2ccc(OC)cc2)[C@H](C)O)cc1. The van der Waals surface area contributed by atoms with Crippen molar-refractivity contribution in [1.29, 1.82) is 0 Å². The third-order valence-corrected chi connectivity index (χ3v) is 3.67. The highest BCUT2D eigenvalue weighted by atomic mass is 16.5. The molecule has 0 unspecified atom stereocenters. The second-order valence-corrected chi connectivity index (χ2v) is 5.50. The van der Waals surface area contributed by atoms with Crippen molar-refractivity contribution in [3.8, 4) is 11.5 Å². The van der Waals surface area contributed by atoms with Gasteiger partial charge >= 0.3 is 0 Å². The van der Waals surface area contributed by atoms with Gasteiger partial charge in [0.15, 0.2) is 0 Å². The first-order chi connectivity index (χ1) is 11.6. The van der Waals surface area contributed by atoms with Crippen molar-refractivity contribution >= 4 is 6.08 Å². The predicted octanol–water partition coefficient (Wildman–Crippen LogP) is 3.68. The maximum Gasteiger partial charge on any atom is 0.118 e. The Labute approximate surface area is 143 Å². The molecule has 0 saturated heterocycles. The zero-order chi connectivity index (χ0) is 17.4. The van der Waals surface area contributed by atoms with E-state index in [0.717, 1.165) is 22.6 Å². The summed E-state index contributed by atoms with van der Waals surface area (Å²) in [5.41, 5.74) is 2.05. The van der Waals surface area contributed by atoms with E-state index in [-0.39, 0.29) is 6.10 Å². The molecule has 2 aromatic rings. The normalized spacial score (nSPS) is 13.7. The monoisotopic (exact) mass is 328 g/mol. The van der Waals surface area contributed by atoms with Gasteiger partial charge in [0.25, 0.3) is 0 Å². The molecular weight excluding hydrogens is 304 g/mol. The van der Waals surface area contributed by atoms with Crippen LogP contribution in [0.2, 0.25) is 0 Å². The van der Waals surface area contributed by atoms with Crippen molar-refractivity contribution in [3.63, 3.8) is 0 Å². The molecule has 0 heterocycles. The number of methoxy groups -OCH3 is 2. The van der Waals surface area contributed by atoms with E-state index in [0.29, 0.717) is 6.61 Å². The van der Waals surface area contributed by atoms with Gasteiger partial charge in [-0.2, -0.15) is 0 Å². The van der Waals surface area contributed by atoms with Gasteiger partial charge in [-0.3, -0.25) is 0 Å². The predicted molar refractivity (Wildman–Crippen MR) is 95.3 cm³/mol.